The third kappa shape index (κ3) is 2.95. The average Bonchev–Trinajstić information content (AvgIpc) is 3.14. The first-order valence-electron chi connectivity index (χ1n) is 8.50. The summed E-state index contributed by atoms with van der Waals surface area (Å²) in [7, 11) is 1.43. The van der Waals surface area contributed by atoms with Gasteiger partial charge in [0, 0.05) is 5.56 Å². The first-order chi connectivity index (χ1) is 13.9. The first-order valence-corrected chi connectivity index (χ1v) is 9.32. The number of methoxy groups -OCH3 is 1. The van der Waals surface area contributed by atoms with E-state index < -0.39 is 29.6 Å². The van der Waals surface area contributed by atoms with Crippen LogP contribution < -0.4 is 14.5 Å². The summed E-state index contributed by atoms with van der Waals surface area (Å²) in [5.74, 6) is -2.12. The molecule has 29 heavy (non-hydrogen) atoms. The molecule has 2 heterocycles. The molecule has 2 aliphatic heterocycles. The number of ether oxygens (including phenoxy) is 1. The molecule has 0 bridgehead atoms. The van der Waals surface area contributed by atoms with Gasteiger partial charge in [-0.25, -0.2) is 4.90 Å². The van der Waals surface area contributed by atoms with E-state index in [9.17, 15) is 19.2 Å². The minimum atomic E-state index is -1.18. The number of nitrogens with zero attached hydrogens (tertiary/aromatic N) is 2. The highest BCUT2D eigenvalue weighted by Crippen LogP contribution is 2.46. The second kappa shape index (κ2) is 7.10. The van der Waals surface area contributed by atoms with Crippen LogP contribution in [0.2, 0.25) is 0 Å². The van der Waals surface area contributed by atoms with Gasteiger partial charge in [0.05, 0.1) is 29.0 Å². The molecule has 2 aromatic rings. The molecular formula is C20H14N2O6S. The molecular weight excluding hydrogens is 396 g/mol. The van der Waals surface area contributed by atoms with Gasteiger partial charge in [-0.15, -0.1) is 0 Å². The highest BCUT2D eigenvalue weighted by molar-refractivity contribution is 8.19. The number of hydrogen-bond acceptors (Lipinski definition) is 6. The van der Waals surface area contributed by atoms with Gasteiger partial charge in [0.1, 0.15) is 12.3 Å². The topological polar surface area (TPSA) is 104 Å². The fraction of sp³-hybridized carbons (Fsp3) is 0.100. The molecule has 0 atom stereocenters. The van der Waals surface area contributed by atoms with Gasteiger partial charge in [0.15, 0.2) is 0 Å². The van der Waals surface area contributed by atoms with Gasteiger partial charge in [-0.3, -0.25) is 24.1 Å². The largest absolute Gasteiger partial charge is 0.495 e. The van der Waals surface area contributed by atoms with Crippen molar-refractivity contribution in [3.63, 3.8) is 0 Å². The molecule has 0 saturated carbocycles. The number of carboxylic acid groups (broad SMARTS) is 1. The fourth-order valence-corrected chi connectivity index (χ4v) is 4.26. The van der Waals surface area contributed by atoms with Crippen molar-refractivity contribution < 1.29 is 29.0 Å². The normalized spacial score (nSPS) is 18.4. The molecule has 0 aliphatic carbocycles. The van der Waals surface area contributed by atoms with Crippen molar-refractivity contribution in [2.24, 2.45) is 0 Å². The smallest absolute Gasteiger partial charge is 0.323 e. The molecule has 0 spiro atoms. The predicted octanol–water partition coefficient (Wildman–Crippen LogP) is 2.74. The Morgan fingerprint density at radius 2 is 1.66 bits per heavy atom. The lowest BCUT2D eigenvalue weighted by Crippen LogP contribution is -2.33. The third-order valence-corrected chi connectivity index (χ3v) is 5.48. The van der Waals surface area contributed by atoms with E-state index in [4.69, 9.17) is 9.84 Å². The van der Waals surface area contributed by atoms with E-state index in [2.05, 4.69) is 0 Å². The van der Waals surface area contributed by atoms with Crippen LogP contribution in [0.5, 0.6) is 5.75 Å². The Labute approximate surface area is 169 Å². The Morgan fingerprint density at radius 1 is 1.00 bits per heavy atom. The van der Waals surface area contributed by atoms with Crippen molar-refractivity contribution in [2.75, 3.05) is 23.5 Å². The number of carbonyl (C=O) groups excluding carboxylic acids is 3. The molecule has 146 valence electrons. The zero-order valence-electron chi connectivity index (χ0n) is 15.1. The summed E-state index contributed by atoms with van der Waals surface area (Å²) in [6.07, 6.45) is 0. The van der Waals surface area contributed by atoms with Gasteiger partial charge in [-0.2, -0.15) is 0 Å². The number of imide groups is 1. The lowest BCUT2D eigenvalue weighted by molar-refractivity contribution is -0.136. The molecule has 1 N–H and O–H groups in total. The summed E-state index contributed by atoms with van der Waals surface area (Å²) in [5, 5.41) is 8.59. The van der Waals surface area contributed by atoms with Crippen molar-refractivity contribution in [1.29, 1.82) is 0 Å². The molecule has 9 heteroatoms. The van der Waals surface area contributed by atoms with Gasteiger partial charge in [-0.05, 0) is 30.0 Å². The molecule has 3 amide bonds. The van der Waals surface area contributed by atoms with Crippen LogP contribution in [0, 0.1) is 0 Å². The maximum atomic E-state index is 13.1. The minimum Gasteiger partial charge on any atom is -0.495 e. The molecule has 2 aliphatic rings. The van der Waals surface area contributed by atoms with E-state index in [-0.39, 0.29) is 16.2 Å². The molecule has 1 fully saturated rings. The summed E-state index contributed by atoms with van der Waals surface area (Å²) in [6, 6.07) is 13.2. The second-order valence-corrected chi connectivity index (χ2v) is 7.15. The molecule has 8 nitrogen and oxygen atoms in total. The number of carbonyl (C=O) groups is 4. The Balaban J connectivity index is 1.84. The highest BCUT2D eigenvalue weighted by Gasteiger charge is 2.45. The van der Waals surface area contributed by atoms with Crippen molar-refractivity contribution in [3.8, 4) is 5.75 Å². The van der Waals surface area contributed by atoms with Crippen LogP contribution in [0.3, 0.4) is 0 Å². The number of rotatable bonds is 4. The number of hydrogen-bond donors (Lipinski definition) is 1. The summed E-state index contributed by atoms with van der Waals surface area (Å²) >= 11 is 0.648. The number of para-hydroxylation sites is 3. The zero-order chi connectivity index (χ0) is 20.7. The average molecular weight is 410 g/mol. The lowest BCUT2D eigenvalue weighted by atomic mass is 10.1. The van der Waals surface area contributed by atoms with Crippen LogP contribution in [-0.2, 0) is 14.4 Å². The number of thioether (sulfide) groups is 1. The summed E-state index contributed by atoms with van der Waals surface area (Å²) in [4.78, 5) is 52.0. The monoisotopic (exact) mass is 410 g/mol. The second-order valence-electron chi connectivity index (χ2n) is 6.19. The number of carboxylic acids is 1. The number of amides is 3. The van der Waals surface area contributed by atoms with E-state index in [0.29, 0.717) is 28.8 Å². The summed E-state index contributed by atoms with van der Waals surface area (Å²) in [5.41, 5.74) is 1.11. The summed E-state index contributed by atoms with van der Waals surface area (Å²) in [6.45, 7) is -0.546. The number of anilines is 2. The number of benzene rings is 2. The number of fused-ring (bicyclic) bond motifs is 1. The maximum absolute atomic E-state index is 13.1. The Morgan fingerprint density at radius 3 is 2.34 bits per heavy atom. The third-order valence-electron chi connectivity index (χ3n) is 4.54. The SMILES string of the molecule is COc1ccccc1N1C(=O)S/C(=C2\C(=O)N(CC(=O)O)c3ccccc32)C1=O. The van der Waals surface area contributed by atoms with Crippen molar-refractivity contribution in [3.05, 3.63) is 59.0 Å². The molecule has 0 unspecified atom stereocenters. The van der Waals surface area contributed by atoms with Crippen molar-refractivity contribution >= 4 is 51.7 Å². The van der Waals surface area contributed by atoms with Crippen molar-refractivity contribution in [2.45, 2.75) is 0 Å². The molecule has 0 radical (unpaired) electrons. The van der Waals surface area contributed by atoms with Gasteiger partial charge >= 0.3 is 5.97 Å². The van der Waals surface area contributed by atoms with E-state index in [1.165, 1.54) is 7.11 Å². The lowest BCUT2D eigenvalue weighted by Gasteiger charge is -2.16. The molecule has 0 aromatic heterocycles. The highest BCUT2D eigenvalue weighted by atomic mass is 32.2. The first kappa shape index (κ1) is 18.8. The number of aliphatic carboxylic acids is 1. The maximum Gasteiger partial charge on any atom is 0.323 e. The Hall–Kier alpha value is -3.59. The van der Waals surface area contributed by atoms with Crippen LogP contribution in [0.1, 0.15) is 5.56 Å². The standard InChI is InChI=1S/C20H14N2O6S/c1-28-14-9-5-4-8-13(14)22-19(26)17(29-20(22)27)16-11-6-2-3-7-12(11)21(18(16)25)10-15(23)24/h2-9H,10H2,1H3,(H,23,24)/b17-16-. The van der Waals surface area contributed by atoms with Crippen LogP contribution in [0.4, 0.5) is 16.2 Å². The van der Waals surface area contributed by atoms with Crippen molar-refractivity contribution in [1.82, 2.24) is 0 Å². The molecule has 4 rings (SSSR count). The van der Waals surface area contributed by atoms with Gasteiger partial charge in [-0.1, -0.05) is 30.3 Å². The van der Waals surface area contributed by atoms with E-state index in [1.54, 1.807) is 48.5 Å². The van der Waals surface area contributed by atoms with E-state index in [0.717, 1.165) is 9.80 Å². The fourth-order valence-electron chi connectivity index (χ4n) is 3.33. The Kier molecular flexibility index (Phi) is 4.59. The van der Waals surface area contributed by atoms with Crippen LogP contribution in [0.25, 0.3) is 5.57 Å². The predicted molar refractivity (Wildman–Crippen MR) is 107 cm³/mol. The van der Waals surface area contributed by atoms with Crippen LogP contribution in [-0.4, -0.2) is 41.8 Å². The molecule has 2 aromatic carbocycles. The molecule has 1 saturated heterocycles. The quantitative estimate of drug-likeness (QED) is 0.773. The van der Waals surface area contributed by atoms with Crippen LogP contribution in [0.15, 0.2) is 53.4 Å². The van der Waals surface area contributed by atoms with Gasteiger partial charge in [0.25, 0.3) is 17.1 Å². The summed E-state index contributed by atoms with van der Waals surface area (Å²) < 4.78 is 5.24. The van der Waals surface area contributed by atoms with Gasteiger partial charge < -0.3 is 9.84 Å². The van der Waals surface area contributed by atoms with E-state index in [1.807, 2.05) is 0 Å². The van der Waals surface area contributed by atoms with E-state index >= 15 is 0 Å². The zero-order valence-corrected chi connectivity index (χ0v) is 15.9. The minimum absolute atomic E-state index is 0.0302. The van der Waals surface area contributed by atoms with Gasteiger partial charge in [0.2, 0.25) is 0 Å². The van der Waals surface area contributed by atoms with Crippen LogP contribution >= 0.6 is 11.8 Å². The Bertz CT molecular complexity index is 1110.